The van der Waals surface area contributed by atoms with Crippen LogP contribution in [0.1, 0.15) is 12.0 Å². The summed E-state index contributed by atoms with van der Waals surface area (Å²) in [5, 5.41) is 3.39. The quantitative estimate of drug-likeness (QED) is 0.749. The smallest absolute Gasteiger partial charge is 0.193 e. The lowest BCUT2D eigenvalue weighted by Crippen LogP contribution is -2.16. The fourth-order valence-electron chi connectivity index (χ4n) is 1.69. The zero-order chi connectivity index (χ0) is 10.2. The molecule has 1 aromatic heterocycles. The standard InChI is InChI=1S/C9H12N2O2S/c1-14(12,13)9-7-3-2-5-10-8(7)4-6-11-9/h4,6,10H,2-3,5H2,1H3. The van der Waals surface area contributed by atoms with E-state index in [9.17, 15) is 8.42 Å². The Kier molecular flexibility index (Phi) is 2.19. The van der Waals surface area contributed by atoms with E-state index < -0.39 is 9.84 Å². The minimum absolute atomic E-state index is 0.224. The normalized spacial score (nSPS) is 15.8. The molecule has 0 unspecified atom stereocenters. The summed E-state index contributed by atoms with van der Waals surface area (Å²) < 4.78 is 22.8. The van der Waals surface area contributed by atoms with Gasteiger partial charge in [0.05, 0.1) is 0 Å². The van der Waals surface area contributed by atoms with Crippen LogP contribution in [-0.2, 0) is 16.3 Å². The lowest BCUT2D eigenvalue weighted by atomic mass is 10.1. The highest BCUT2D eigenvalue weighted by molar-refractivity contribution is 7.90. The van der Waals surface area contributed by atoms with Gasteiger partial charge in [-0.05, 0) is 18.9 Å². The van der Waals surface area contributed by atoms with Gasteiger partial charge in [-0.25, -0.2) is 13.4 Å². The van der Waals surface area contributed by atoms with Gasteiger partial charge >= 0.3 is 0 Å². The van der Waals surface area contributed by atoms with Crippen LogP contribution in [0.2, 0.25) is 0 Å². The Morgan fingerprint density at radius 1 is 1.50 bits per heavy atom. The van der Waals surface area contributed by atoms with Crippen molar-refractivity contribution in [1.29, 1.82) is 0 Å². The topological polar surface area (TPSA) is 59.1 Å². The number of fused-ring (bicyclic) bond motifs is 1. The van der Waals surface area contributed by atoms with Crippen molar-refractivity contribution < 1.29 is 8.42 Å². The molecule has 1 N–H and O–H groups in total. The molecule has 14 heavy (non-hydrogen) atoms. The summed E-state index contributed by atoms with van der Waals surface area (Å²) in [6.07, 6.45) is 4.48. The number of rotatable bonds is 1. The van der Waals surface area contributed by atoms with Gasteiger partial charge in [-0.15, -0.1) is 0 Å². The number of hydrogen-bond donors (Lipinski definition) is 1. The minimum atomic E-state index is -3.20. The average molecular weight is 212 g/mol. The molecule has 2 heterocycles. The van der Waals surface area contributed by atoms with E-state index in [0.29, 0.717) is 0 Å². The molecule has 4 nitrogen and oxygen atoms in total. The molecule has 0 bridgehead atoms. The molecule has 0 saturated carbocycles. The molecular weight excluding hydrogens is 200 g/mol. The van der Waals surface area contributed by atoms with E-state index in [1.165, 1.54) is 12.5 Å². The molecule has 0 spiro atoms. The predicted molar refractivity (Wildman–Crippen MR) is 54.2 cm³/mol. The third-order valence-corrected chi connectivity index (χ3v) is 3.34. The van der Waals surface area contributed by atoms with Gasteiger partial charge in [0.1, 0.15) is 0 Å². The highest BCUT2D eigenvalue weighted by Gasteiger charge is 2.19. The first-order valence-electron chi connectivity index (χ1n) is 4.51. The van der Waals surface area contributed by atoms with Gasteiger partial charge in [-0.3, -0.25) is 0 Å². The van der Waals surface area contributed by atoms with Crippen LogP contribution in [0, 0.1) is 0 Å². The summed E-state index contributed by atoms with van der Waals surface area (Å²) in [7, 11) is -3.20. The predicted octanol–water partition coefficient (Wildman–Crippen LogP) is 0.843. The molecule has 0 atom stereocenters. The second kappa shape index (κ2) is 3.24. The van der Waals surface area contributed by atoms with Crippen LogP contribution < -0.4 is 5.32 Å². The molecule has 76 valence electrons. The highest BCUT2D eigenvalue weighted by Crippen LogP contribution is 2.26. The number of sulfone groups is 1. The summed E-state index contributed by atoms with van der Waals surface area (Å²) in [6, 6.07) is 1.82. The maximum atomic E-state index is 11.4. The molecule has 1 aliphatic rings. The molecule has 0 radical (unpaired) electrons. The molecule has 0 fully saturated rings. The van der Waals surface area contributed by atoms with Gasteiger partial charge in [0.15, 0.2) is 14.9 Å². The Hall–Kier alpha value is -1.10. The average Bonchev–Trinajstić information content (AvgIpc) is 2.15. The van der Waals surface area contributed by atoms with Gasteiger partial charge in [-0.1, -0.05) is 0 Å². The molecule has 0 saturated heterocycles. The van der Waals surface area contributed by atoms with Crippen LogP contribution in [0.3, 0.4) is 0 Å². The highest BCUT2D eigenvalue weighted by atomic mass is 32.2. The lowest BCUT2D eigenvalue weighted by Gasteiger charge is -2.19. The number of nitrogens with zero attached hydrogens (tertiary/aromatic N) is 1. The summed E-state index contributed by atoms with van der Waals surface area (Å²) in [6.45, 7) is 0.903. The summed E-state index contributed by atoms with van der Waals surface area (Å²) in [5.74, 6) is 0. The Morgan fingerprint density at radius 2 is 2.29 bits per heavy atom. The summed E-state index contributed by atoms with van der Waals surface area (Å²) >= 11 is 0. The number of hydrogen-bond acceptors (Lipinski definition) is 4. The molecule has 0 aliphatic carbocycles. The van der Waals surface area contributed by atoms with Crippen molar-refractivity contribution in [3.8, 4) is 0 Å². The van der Waals surface area contributed by atoms with E-state index in [2.05, 4.69) is 10.3 Å². The van der Waals surface area contributed by atoms with Crippen molar-refractivity contribution in [1.82, 2.24) is 4.98 Å². The maximum absolute atomic E-state index is 11.4. The molecule has 1 aliphatic heterocycles. The Labute approximate surface area is 83.3 Å². The number of aromatic nitrogens is 1. The Bertz CT molecular complexity index is 454. The van der Waals surface area contributed by atoms with Crippen LogP contribution in [0.25, 0.3) is 0 Å². The third-order valence-electron chi connectivity index (χ3n) is 2.29. The number of nitrogens with one attached hydrogen (secondary N) is 1. The molecule has 2 rings (SSSR count). The van der Waals surface area contributed by atoms with Crippen molar-refractivity contribution in [2.75, 3.05) is 18.1 Å². The van der Waals surface area contributed by atoms with Crippen LogP contribution in [0.15, 0.2) is 17.3 Å². The van der Waals surface area contributed by atoms with Crippen molar-refractivity contribution >= 4 is 15.5 Å². The van der Waals surface area contributed by atoms with E-state index >= 15 is 0 Å². The first kappa shape index (κ1) is 9.45. The first-order chi connectivity index (χ1) is 6.59. The molecule has 5 heteroatoms. The van der Waals surface area contributed by atoms with E-state index in [0.717, 1.165) is 30.6 Å². The van der Waals surface area contributed by atoms with Gasteiger partial charge in [0.2, 0.25) is 0 Å². The van der Waals surface area contributed by atoms with Crippen molar-refractivity contribution in [3.63, 3.8) is 0 Å². The van der Waals surface area contributed by atoms with Gasteiger partial charge in [0.25, 0.3) is 0 Å². The van der Waals surface area contributed by atoms with Crippen LogP contribution >= 0.6 is 0 Å². The summed E-state index contributed by atoms with van der Waals surface area (Å²) in [4.78, 5) is 3.94. The van der Waals surface area contributed by atoms with E-state index in [1.54, 1.807) is 0 Å². The third kappa shape index (κ3) is 1.59. The van der Waals surface area contributed by atoms with Gasteiger partial charge < -0.3 is 5.32 Å². The zero-order valence-corrected chi connectivity index (χ0v) is 8.76. The number of anilines is 1. The Balaban J connectivity index is 2.62. The maximum Gasteiger partial charge on any atom is 0.193 e. The fourth-order valence-corrected chi connectivity index (χ4v) is 2.60. The first-order valence-corrected chi connectivity index (χ1v) is 6.40. The van der Waals surface area contributed by atoms with Crippen LogP contribution in [0.4, 0.5) is 5.69 Å². The monoisotopic (exact) mass is 212 g/mol. The number of pyridine rings is 1. The molecular formula is C9H12N2O2S. The second-order valence-corrected chi connectivity index (χ2v) is 5.38. The minimum Gasteiger partial charge on any atom is -0.385 e. The molecule has 0 aromatic carbocycles. The van der Waals surface area contributed by atoms with Gasteiger partial charge in [0, 0.05) is 30.2 Å². The fraction of sp³-hybridized carbons (Fsp3) is 0.444. The van der Waals surface area contributed by atoms with E-state index in [1.807, 2.05) is 6.07 Å². The Morgan fingerprint density at radius 3 is 3.00 bits per heavy atom. The van der Waals surface area contributed by atoms with Crippen molar-refractivity contribution in [2.24, 2.45) is 0 Å². The van der Waals surface area contributed by atoms with Crippen molar-refractivity contribution in [3.05, 3.63) is 17.8 Å². The molecule has 0 amide bonds. The lowest BCUT2D eigenvalue weighted by molar-refractivity contribution is 0.595. The largest absolute Gasteiger partial charge is 0.385 e. The van der Waals surface area contributed by atoms with Gasteiger partial charge in [-0.2, -0.15) is 0 Å². The van der Waals surface area contributed by atoms with Crippen LogP contribution in [0.5, 0.6) is 0 Å². The van der Waals surface area contributed by atoms with Crippen molar-refractivity contribution in [2.45, 2.75) is 17.9 Å². The zero-order valence-electron chi connectivity index (χ0n) is 7.95. The van der Waals surface area contributed by atoms with E-state index in [-0.39, 0.29) is 5.03 Å². The SMILES string of the molecule is CS(=O)(=O)c1nccc2c1CCCN2. The van der Waals surface area contributed by atoms with E-state index in [4.69, 9.17) is 0 Å². The molecule has 1 aromatic rings. The second-order valence-electron chi connectivity index (χ2n) is 3.44. The summed E-state index contributed by atoms with van der Waals surface area (Å²) in [5.41, 5.74) is 1.74. The van der Waals surface area contributed by atoms with Crippen LogP contribution in [-0.4, -0.2) is 26.2 Å².